The monoisotopic (exact) mass is 310 g/mol. The first-order valence-electron chi connectivity index (χ1n) is 7.81. The van der Waals surface area contributed by atoms with Gasteiger partial charge in [0.25, 0.3) is 0 Å². The summed E-state index contributed by atoms with van der Waals surface area (Å²) < 4.78 is 0. The second-order valence-electron chi connectivity index (χ2n) is 5.74. The van der Waals surface area contributed by atoms with E-state index >= 15 is 0 Å². The van der Waals surface area contributed by atoms with Crippen LogP contribution in [0.5, 0.6) is 0 Å². The highest BCUT2D eigenvalue weighted by atomic mass is 16.2. The van der Waals surface area contributed by atoms with Crippen molar-refractivity contribution >= 4 is 23.2 Å². The van der Waals surface area contributed by atoms with Crippen molar-refractivity contribution in [2.45, 2.75) is 33.1 Å². The van der Waals surface area contributed by atoms with Crippen LogP contribution in [0.15, 0.2) is 48.5 Å². The normalized spacial score (nSPS) is 10.4. The molecule has 0 aliphatic carbocycles. The molecule has 0 aliphatic rings. The molecule has 4 nitrogen and oxygen atoms in total. The summed E-state index contributed by atoms with van der Waals surface area (Å²) in [6, 6.07) is 14.9. The van der Waals surface area contributed by atoms with Gasteiger partial charge in [-0.25, -0.2) is 0 Å². The van der Waals surface area contributed by atoms with Crippen LogP contribution >= 0.6 is 0 Å². The van der Waals surface area contributed by atoms with Crippen molar-refractivity contribution in [3.8, 4) is 0 Å². The van der Waals surface area contributed by atoms with Gasteiger partial charge in [-0.05, 0) is 47.7 Å². The topological polar surface area (TPSA) is 58.2 Å². The summed E-state index contributed by atoms with van der Waals surface area (Å²) in [5, 5.41) is 5.19. The lowest BCUT2D eigenvalue weighted by Crippen LogP contribution is -2.29. The number of amides is 2. The molecule has 2 aromatic rings. The third-order valence-corrected chi connectivity index (χ3v) is 3.66. The highest BCUT2D eigenvalue weighted by Crippen LogP contribution is 2.17. The standard InChI is InChI=1S/C19H22N2O2/c1-4-14-5-9-16(10-6-14)20-18(22)19(23)21-17-11-7-15(8-12-17)13(2)3/h5-13H,4H2,1-3H3,(H,20,22)(H,21,23). The maximum atomic E-state index is 11.9. The van der Waals surface area contributed by atoms with Crippen LogP contribution in [0, 0.1) is 0 Å². The Kier molecular flexibility index (Phi) is 5.52. The summed E-state index contributed by atoms with van der Waals surface area (Å²) in [4.78, 5) is 23.9. The van der Waals surface area contributed by atoms with Gasteiger partial charge >= 0.3 is 11.8 Å². The molecule has 0 unspecified atom stereocenters. The van der Waals surface area contributed by atoms with Gasteiger partial charge in [0.15, 0.2) is 0 Å². The number of benzene rings is 2. The van der Waals surface area contributed by atoms with Crippen molar-refractivity contribution in [1.82, 2.24) is 0 Å². The van der Waals surface area contributed by atoms with Gasteiger partial charge in [-0.15, -0.1) is 0 Å². The number of hydrogen-bond donors (Lipinski definition) is 2. The predicted octanol–water partition coefficient (Wildman–Crippen LogP) is 3.95. The summed E-state index contributed by atoms with van der Waals surface area (Å²) in [6.45, 7) is 6.27. The third kappa shape index (κ3) is 4.68. The lowest BCUT2D eigenvalue weighted by molar-refractivity contribution is -0.132. The molecule has 0 spiro atoms. The molecule has 0 atom stereocenters. The van der Waals surface area contributed by atoms with E-state index in [9.17, 15) is 9.59 Å². The van der Waals surface area contributed by atoms with E-state index in [0.717, 1.165) is 6.42 Å². The number of carbonyl (C=O) groups is 2. The molecule has 2 amide bonds. The third-order valence-electron chi connectivity index (χ3n) is 3.66. The van der Waals surface area contributed by atoms with Crippen molar-refractivity contribution in [3.05, 3.63) is 59.7 Å². The number of hydrogen-bond acceptors (Lipinski definition) is 2. The van der Waals surface area contributed by atoms with Crippen LogP contribution in [0.2, 0.25) is 0 Å². The molecule has 23 heavy (non-hydrogen) atoms. The molecule has 0 aliphatic heterocycles. The van der Waals surface area contributed by atoms with Crippen LogP contribution in [0.3, 0.4) is 0 Å². The lowest BCUT2D eigenvalue weighted by atomic mass is 10.0. The minimum Gasteiger partial charge on any atom is -0.318 e. The fourth-order valence-electron chi connectivity index (χ4n) is 2.15. The Morgan fingerprint density at radius 1 is 0.826 bits per heavy atom. The highest BCUT2D eigenvalue weighted by Gasteiger charge is 2.14. The van der Waals surface area contributed by atoms with Crippen molar-refractivity contribution in [1.29, 1.82) is 0 Å². The maximum Gasteiger partial charge on any atom is 0.314 e. The Morgan fingerprint density at radius 2 is 1.26 bits per heavy atom. The van der Waals surface area contributed by atoms with E-state index in [4.69, 9.17) is 0 Å². The quantitative estimate of drug-likeness (QED) is 0.840. The Bertz CT molecular complexity index is 674. The van der Waals surface area contributed by atoms with Gasteiger partial charge in [0.2, 0.25) is 0 Å². The number of nitrogens with one attached hydrogen (secondary N) is 2. The molecule has 4 heteroatoms. The van der Waals surface area contributed by atoms with Gasteiger partial charge in [-0.2, -0.15) is 0 Å². The highest BCUT2D eigenvalue weighted by molar-refractivity contribution is 6.43. The second kappa shape index (κ2) is 7.58. The summed E-state index contributed by atoms with van der Waals surface area (Å²) in [5.74, 6) is -0.932. The second-order valence-corrected chi connectivity index (χ2v) is 5.74. The predicted molar refractivity (Wildman–Crippen MR) is 93.6 cm³/mol. The zero-order chi connectivity index (χ0) is 16.8. The molecule has 120 valence electrons. The van der Waals surface area contributed by atoms with Crippen molar-refractivity contribution in [2.24, 2.45) is 0 Å². The lowest BCUT2D eigenvalue weighted by Gasteiger charge is -2.09. The molecule has 0 radical (unpaired) electrons. The molecular formula is C19H22N2O2. The fraction of sp³-hybridized carbons (Fsp3) is 0.263. The van der Waals surface area contributed by atoms with E-state index in [1.807, 2.05) is 24.3 Å². The Hall–Kier alpha value is -2.62. The van der Waals surface area contributed by atoms with E-state index in [1.54, 1.807) is 24.3 Å². The number of anilines is 2. The maximum absolute atomic E-state index is 11.9. The number of aryl methyl sites for hydroxylation is 1. The van der Waals surface area contributed by atoms with Crippen LogP contribution in [-0.4, -0.2) is 11.8 Å². The zero-order valence-electron chi connectivity index (χ0n) is 13.7. The smallest absolute Gasteiger partial charge is 0.314 e. The van der Waals surface area contributed by atoms with Gasteiger partial charge in [-0.3, -0.25) is 9.59 Å². The average Bonchev–Trinajstić information content (AvgIpc) is 2.56. The molecule has 0 heterocycles. The molecule has 0 bridgehead atoms. The van der Waals surface area contributed by atoms with Gasteiger partial charge in [-0.1, -0.05) is 45.0 Å². The van der Waals surface area contributed by atoms with Crippen molar-refractivity contribution in [3.63, 3.8) is 0 Å². The summed E-state index contributed by atoms with van der Waals surface area (Å²) in [6.07, 6.45) is 0.932. The van der Waals surface area contributed by atoms with Gasteiger partial charge in [0.05, 0.1) is 0 Å². The minimum atomic E-state index is -0.679. The molecule has 2 N–H and O–H groups in total. The van der Waals surface area contributed by atoms with Crippen LogP contribution in [0.25, 0.3) is 0 Å². The molecule has 2 rings (SSSR count). The van der Waals surface area contributed by atoms with Crippen molar-refractivity contribution in [2.75, 3.05) is 10.6 Å². The first-order chi connectivity index (χ1) is 11.0. The molecule has 2 aromatic carbocycles. The van der Waals surface area contributed by atoms with E-state index in [0.29, 0.717) is 17.3 Å². The van der Waals surface area contributed by atoms with Gasteiger partial charge < -0.3 is 10.6 Å². The summed E-state index contributed by atoms with van der Waals surface area (Å²) in [7, 11) is 0. The van der Waals surface area contributed by atoms with E-state index < -0.39 is 11.8 Å². The first-order valence-corrected chi connectivity index (χ1v) is 7.81. The SMILES string of the molecule is CCc1ccc(NC(=O)C(=O)Nc2ccc(C(C)C)cc2)cc1. The number of rotatable bonds is 4. The molecular weight excluding hydrogens is 288 g/mol. The number of carbonyl (C=O) groups excluding carboxylic acids is 2. The van der Waals surface area contributed by atoms with Crippen LogP contribution in [-0.2, 0) is 16.0 Å². The Morgan fingerprint density at radius 3 is 1.65 bits per heavy atom. The summed E-state index contributed by atoms with van der Waals surface area (Å²) >= 11 is 0. The zero-order valence-corrected chi connectivity index (χ0v) is 13.7. The summed E-state index contributed by atoms with van der Waals surface area (Å²) in [5.41, 5.74) is 3.58. The molecule has 0 saturated carbocycles. The fourth-order valence-corrected chi connectivity index (χ4v) is 2.15. The van der Waals surface area contributed by atoms with Crippen LogP contribution in [0.4, 0.5) is 11.4 Å². The van der Waals surface area contributed by atoms with Crippen molar-refractivity contribution < 1.29 is 9.59 Å². The van der Waals surface area contributed by atoms with E-state index in [2.05, 4.69) is 31.4 Å². The average molecular weight is 310 g/mol. The Balaban J connectivity index is 1.95. The molecule has 0 aromatic heterocycles. The largest absolute Gasteiger partial charge is 0.318 e. The first kappa shape index (κ1) is 16.7. The Labute approximate surface area is 136 Å². The van der Waals surface area contributed by atoms with Gasteiger partial charge in [0.1, 0.15) is 0 Å². The molecule has 0 saturated heterocycles. The molecule has 0 fully saturated rings. The van der Waals surface area contributed by atoms with E-state index in [-0.39, 0.29) is 0 Å². The van der Waals surface area contributed by atoms with Crippen LogP contribution in [0.1, 0.15) is 37.8 Å². The van der Waals surface area contributed by atoms with Gasteiger partial charge in [0, 0.05) is 11.4 Å². The minimum absolute atomic E-state index is 0.425. The van der Waals surface area contributed by atoms with Crippen LogP contribution < -0.4 is 10.6 Å². The van der Waals surface area contributed by atoms with E-state index in [1.165, 1.54) is 11.1 Å².